The van der Waals surface area contributed by atoms with Crippen molar-refractivity contribution in [2.24, 2.45) is 0 Å². The van der Waals surface area contributed by atoms with Gasteiger partial charge in [-0.25, -0.2) is 4.98 Å². The smallest absolute Gasteiger partial charge is 0.252 e. The molecule has 0 aliphatic heterocycles. The van der Waals surface area contributed by atoms with Gasteiger partial charge in [0, 0.05) is 34.9 Å². The van der Waals surface area contributed by atoms with Crippen LogP contribution in [0.2, 0.25) is 0 Å². The fourth-order valence-electron chi connectivity index (χ4n) is 1.50. The van der Waals surface area contributed by atoms with Crippen LogP contribution >= 0.6 is 28.6 Å². The molecule has 0 spiro atoms. The number of thiol groups is 1. The van der Waals surface area contributed by atoms with E-state index >= 15 is 0 Å². The molecule has 0 saturated carbocycles. The number of amides is 1. The molecular weight excluding hydrogens is 314 g/mol. The van der Waals surface area contributed by atoms with Crippen LogP contribution in [0, 0.1) is 0 Å². The lowest BCUT2D eigenvalue weighted by molar-refractivity contribution is 0.0951. The lowest BCUT2D eigenvalue weighted by Crippen LogP contribution is -2.27. The average Bonchev–Trinajstić information content (AvgIpc) is 2.85. The van der Waals surface area contributed by atoms with E-state index in [1.165, 1.54) is 0 Å². The Hall–Kier alpha value is -1.27. The van der Waals surface area contributed by atoms with Gasteiger partial charge in [-0.15, -0.1) is 12.6 Å². The SMILES string of the molecule is O=C(NCCn1ccnc1)c1cc(S)ccc1Br. The molecule has 1 aromatic carbocycles. The molecular formula is C12H12BrN3OS. The second kappa shape index (κ2) is 6.06. The second-order valence-corrected chi connectivity index (χ2v) is 5.09. The van der Waals surface area contributed by atoms with Gasteiger partial charge in [-0.1, -0.05) is 0 Å². The first kappa shape index (κ1) is 13.2. The summed E-state index contributed by atoms with van der Waals surface area (Å²) in [6.07, 6.45) is 5.29. The third-order valence-electron chi connectivity index (χ3n) is 2.41. The van der Waals surface area contributed by atoms with Gasteiger partial charge in [-0.3, -0.25) is 4.79 Å². The van der Waals surface area contributed by atoms with E-state index in [0.717, 1.165) is 9.37 Å². The zero-order valence-electron chi connectivity index (χ0n) is 9.51. The number of nitrogens with one attached hydrogen (secondary N) is 1. The first-order valence-corrected chi connectivity index (χ1v) is 6.63. The molecule has 4 nitrogen and oxygen atoms in total. The molecule has 1 N–H and O–H groups in total. The Morgan fingerprint density at radius 3 is 3.06 bits per heavy atom. The van der Waals surface area contributed by atoms with E-state index < -0.39 is 0 Å². The summed E-state index contributed by atoms with van der Waals surface area (Å²) in [6, 6.07) is 5.38. The summed E-state index contributed by atoms with van der Waals surface area (Å²) in [5.41, 5.74) is 0.591. The molecule has 18 heavy (non-hydrogen) atoms. The fraction of sp³-hybridized carbons (Fsp3) is 0.167. The zero-order chi connectivity index (χ0) is 13.0. The predicted octanol–water partition coefficient (Wildman–Crippen LogP) is 2.36. The van der Waals surface area contributed by atoms with Crippen molar-refractivity contribution in [1.82, 2.24) is 14.9 Å². The van der Waals surface area contributed by atoms with Crippen molar-refractivity contribution >= 4 is 34.5 Å². The van der Waals surface area contributed by atoms with Crippen molar-refractivity contribution in [2.75, 3.05) is 6.54 Å². The Morgan fingerprint density at radius 1 is 1.50 bits per heavy atom. The maximum absolute atomic E-state index is 11.9. The van der Waals surface area contributed by atoms with E-state index in [2.05, 4.69) is 38.9 Å². The summed E-state index contributed by atoms with van der Waals surface area (Å²) in [5.74, 6) is -0.113. The van der Waals surface area contributed by atoms with Gasteiger partial charge in [0.1, 0.15) is 0 Å². The highest BCUT2D eigenvalue weighted by Crippen LogP contribution is 2.19. The van der Waals surface area contributed by atoms with Gasteiger partial charge in [-0.05, 0) is 34.1 Å². The van der Waals surface area contributed by atoms with Gasteiger partial charge in [0.15, 0.2) is 0 Å². The molecule has 0 atom stereocenters. The minimum absolute atomic E-state index is 0.113. The van der Waals surface area contributed by atoms with Crippen LogP contribution in [0.1, 0.15) is 10.4 Å². The number of aromatic nitrogens is 2. The van der Waals surface area contributed by atoms with Crippen molar-refractivity contribution in [2.45, 2.75) is 11.4 Å². The van der Waals surface area contributed by atoms with Crippen molar-refractivity contribution in [3.05, 3.63) is 47.0 Å². The third kappa shape index (κ3) is 3.36. The Kier molecular flexibility index (Phi) is 4.43. The number of hydrogen-bond acceptors (Lipinski definition) is 3. The summed E-state index contributed by atoms with van der Waals surface area (Å²) < 4.78 is 2.67. The lowest BCUT2D eigenvalue weighted by atomic mass is 10.2. The maximum atomic E-state index is 11.9. The van der Waals surface area contributed by atoms with E-state index in [1.807, 2.05) is 22.9 Å². The van der Waals surface area contributed by atoms with E-state index in [-0.39, 0.29) is 5.91 Å². The molecule has 1 amide bonds. The standard InChI is InChI=1S/C12H12BrN3OS/c13-11-2-1-9(18)7-10(11)12(17)15-4-6-16-5-3-14-8-16/h1-3,5,7-8,18H,4,6H2,(H,15,17). The minimum atomic E-state index is -0.113. The number of nitrogens with zero attached hydrogens (tertiary/aromatic N) is 2. The number of carbonyl (C=O) groups excluding carboxylic acids is 1. The zero-order valence-corrected chi connectivity index (χ0v) is 12.0. The van der Waals surface area contributed by atoms with Crippen molar-refractivity contribution < 1.29 is 4.79 Å². The van der Waals surface area contributed by atoms with Crippen LogP contribution in [0.3, 0.4) is 0 Å². The number of imidazole rings is 1. The Labute approximate surface area is 119 Å². The predicted molar refractivity (Wildman–Crippen MR) is 76.0 cm³/mol. The number of carbonyl (C=O) groups is 1. The summed E-state index contributed by atoms with van der Waals surface area (Å²) in [6.45, 7) is 1.25. The Bertz CT molecular complexity index is 542. The molecule has 6 heteroatoms. The fourth-order valence-corrected chi connectivity index (χ4v) is 2.13. The Balaban J connectivity index is 1.93. The third-order valence-corrected chi connectivity index (χ3v) is 3.38. The number of rotatable bonds is 4. The summed E-state index contributed by atoms with van der Waals surface area (Å²) in [7, 11) is 0. The average molecular weight is 326 g/mol. The van der Waals surface area contributed by atoms with Gasteiger partial charge >= 0.3 is 0 Å². The quantitative estimate of drug-likeness (QED) is 0.848. The topological polar surface area (TPSA) is 46.9 Å². The summed E-state index contributed by atoms with van der Waals surface area (Å²) in [4.78, 5) is 16.6. The first-order valence-electron chi connectivity index (χ1n) is 5.39. The molecule has 1 heterocycles. The van der Waals surface area contributed by atoms with E-state index in [9.17, 15) is 4.79 Å². The first-order chi connectivity index (χ1) is 8.66. The maximum Gasteiger partial charge on any atom is 0.252 e. The molecule has 0 bridgehead atoms. The molecule has 0 radical (unpaired) electrons. The molecule has 0 saturated heterocycles. The van der Waals surface area contributed by atoms with Gasteiger partial charge < -0.3 is 9.88 Å². The molecule has 1 aromatic heterocycles. The van der Waals surface area contributed by atoms with Crippen LogP contribution in [0.25, 0.3) is 0 Å². The van der Waals surface area contributed by atoms with Crippen LogP contribution in [-0.4, -0.2) is 22.0 Å². The number of benzene rings is 1. The number of hydrogen-bond donors (Lipinski definition) is 2. The molecule has 2 rings (SSSR count). The van der Waals surface area contributed by atoms with Crippen LogP contribution in [0.15, 0.2) is 46.3 Å². The summed E-state index contributed by atoms with van der Waals surface area (Å²) >= 11 is 7.57. The highest BCUT2D eigenvalue weighted by atomic mass is 79.9. The van der Waals surface area contributed by atoms with Crippen molar-refractivity contribution in [3.8, 4) is 0 Å². The van der Waals surface area contributed by atoms with Gasteiger partial charge in [0.05, 0.1) is 11.9 Å². The Morgan fingerprint density at radius 2 is 2.33 bits per heavy atom. The van der Waals surface area contributed by atoms with Crippen LogP contribution in [0.4, 0.5) is 0 Å². The molecule has 0 fully saturated rings. The largest absolute Gasteiger partial charge is 0.350 e. The summed E-state index contributed by atoms with van der Waals surface area (Å²) in [5, 5.41) is 2.85. The van der Waals surface area contributed by atoms with Gasteiger partial charge in [-0.2, -0.15) is 0 Å². The number of halogens is 1. The van der Waals surface area contributed by atoms with Crippen molar-refractivity contribution in [3.63, 3.8) is 0 Å². The van der Waals surface area contributed by atoms with E-state index in [1.54, 1.807) is 18.6 Å². The van der Waals surface area contributed by atoms with Gasteiger partial charge in [0.2, 0.25) is 0 Å². The van der Waals surface area contributed by atoms with Crippen LogP contribution < -0.4 is 5.32 Å². The highest BCUT2D eigenvalue weighted by Gasteiger charge is 2.09. The molecule has 0 unspecified atom stereocenters. The molecule has 2 aromatic rings. The monoisotopic (exact) mass is 325 g/mol. The van der Waals surface area contributed by atoms with Crippen molar-refractivity contribution in [1.29, 1.82) is 0 Å². The van der Waals surface area contributed by atoms with E-state index in [4.69, 9.17) is 0 Å². The molecule has 0 aliphatic carbocycles. The minimum Gasteiger partial charge on any atom is -0.350 e. The second-order valence-electron chi connectivity index (χ2n) is 3.72. The molecule has 0 aliphatic rings. The lowest BCUT2D eigenvalue weighted by Gasteiger charge is -2.08. The molecule has 94 valence electrons. The van der Waals surface area contributed by atoms with Gasteiger partial charge in [0.25, 0.3) is 5.91 Å². The van der Waals surface area contributed by atoms with Crippen LogP contribution in [-0.2, 0) is 6.54 Å². The van der Waals surface area contributed by atoms with E-state index in [0.29, 0.717) is 18.7 Å². The van der Waals surface area contributed by atoms with Crippen LogP contribution in [0.5, 0.6) is 0 Å². The normalized spacial score (nSPS) is 10.3. The highest BCUT2D eigenvalue weighted by molar-refractivity contribution is 9.10.